The van der Waals surface area contributed by atoms with Gasteiger partial charge in [0, 0.05) is 41.5 Å². The topological polar surface area (TPSA) is 84.2 Å². The first-order chi connectivity index (χ1) is 13.7. The number of aromatic amines is 1. The Morgan fingerprint density at radius 2 is 2.07 bits per heavy atom. The summed E-state index contributed by atoms with van der Waals surface area (Å²) in [6.07, 6.45) is 2.22. The van der Waals surface area contributed by atoms with E-state index in [1.807, 2.05) is 54.7 Å². The molecule has 0 aliphatic carbocycles. The highest BCUT2D eigenvalue weighted by Crippen LogP contribution is 2.36. The number of nitrogens with zero attached hydrogens (tertiary/aromatic N) is 3. The van der Waals surface area contributed by atoms with Crippen molar-refractivity contribution in [3.63, 3.8) is 0 Å². The van der Waals surface area contributed by atoms with E-state index in [1.165, 1.54) is 0 Å². The number of carbonyl (C=O) groups excluding carboxylic acids is 1. The van der Waals surface area contributed by atoms with Gasteiger partial charge in [-0.1, -0.05) is 23.4 Å². The minimum absolute atomic E-state index is 0.0218. The fraction of sp³-hybridized carbons (Fsp3) is 0.190. The van der Waals surface area contributed by atoms with Crippen molar-refractivity contribution in [1.82, 2.24) is 15.1 Å². The Hall–Kier alpha value is -3.61. The molecule has 0 spiro atoms. The summed E-state index contributed by atoms with van der Waals surface area (Å²) in [5.41, 5.74) is 2.65. The lowest BCUT2D eigenvalue weighted by Crippen LogP contribution is -2.24. The summed E-state index contributed by atoms with van der Waals surface area (Å²) in [6, 6.07) is 15.4. The molecule has 2 aromatic carbocycles. The molecular weight excluding hydrogens is 356 g/mol. The fourth-order valence-corrected chi connectivity index (χ4v) is 3.75. The molecule has 28 heavy (non-hydrogen) atoms. The van der Waals surface area contributed by atoms with Crippen LogP contribution in [0, 0.1) is 0 Å². The van der Waals surface area contributed by atoms with E-state index in [1.54, 1.807) is 12.0 Å². The molecule has 1 fully saturated rings. The van der Waals surface area contributed by atoms with Crippen molar-refractivity contribution in [1.29, 1.82) is 0 Å². The highest BCUT2D eigenvalue weighted by molar-refractivity contribution is 5.98. The summed E-state index contributed by atoms with van der Waals surface area (Å²) in [5, 5.41) is 5.19. The quantitative estimate of drug-likeness (QED) is 0.588. The normalized spacial score (nSPS) is 16.8. The molecule has 2 aromatic heterocycles. The third-order valence-electron chi connectivity index (χ3n) is 5.13. The molecule has 4 aromatic rings. The second-order valence-electron chi connectivity index (χ2n) is 6.78. The lowest BCUT2D eigenvalue weighted by atomic mass is 10.1. The fourth-order valence-electron chi connectivity index (χ4n) is 3.75. The maximum Gasteiger partial charge on any atom is 0.258 e. The summed E-state index contributed by atoms with van der Waals surface area (Å²) in [7, 11) is 1.60. The summed E-state index contributed by atoms with van der Waals surface area (Å²) in [5.74, 6) is 1.58. The number of hydrogen-bond acceptors (Lipinski definition) is 5. The number of H-pyrrole nitrogens is 1. The van der Waals surface area contributed by atoms with Crippen molar-refractivity contribution in [2.24, 2.45) is 0 Å². The van der Waals surface area contributed by atoms with E-state index >= 15 is 0 Å². The molecule has 7 nitrogen and oxygen atoms in total. The van der Waals surface area contributed by atoms with Crippen LogP contribution in [0.25, 0.3) is 22.4 Å². The Kier molecular flexibility index (Phi) is 3.86. The number of rotatable bonds is 4. The molecular formula is C21H18N4O3. The van der Waals surface area contributed by atoms with Crippen LogP contribution in [0.15, 0.2) is 59.3 Å². The monoisotopic (exact) mass is 374 g/mol. The Morgan fingerprint density at radius 1 is 1.18 bits per heavy atom. The molecule has 0 saturated carbocycles. The largest absolute Gasteiger partial charge is 0.495 e. The lowest BCUT2D eigenvalue weighted by Gasteiger charge is -2.18. The van der Waals surface area contributed by atoms with E-state index < -0.39 is 0 Å². The first kappa shape index (κ1) is 16.6. The Balaban J connectivity index is 1.44. The van der Waals surface area contributed by atoms with E-state index in [-0.39, 0.29) is 11.8 Å². The van der Waals surface area contributed by atoms with Gasteiger partial charge in [0.05, 0.1) is 12.8 Å². The van der Waals surface area contributed by atoms with Crippen molar-refractivity contribution in [2.75, 3.05) is 18.6 Å². The zero-order valence-electron chi connectivity index (χ0n) is 15.3. The van der Waals surface area contributed by atoms with Gasteiger partial charge in [0.15, 0.2) is 5.82 Å². The number of benzene rings is 2. The van der Waals surface area contributed by atoms with Crippen molar-refractivity contribution in [3.05, 3.63) is 60.6 Å². The van der Waals surface area contributed by atoms with E-state index in [0.29, 0.717) is 30.4 Å². The highest BCUT2D eigenvalue weighted by atomic mass is 16.5. The van der Waals surface area contributed by atoms with Gasteiger partial charge < -0.3 is 19.1 Å². The van der Waals surface area contributed by atoms with Crippen LogP contribution >= 0.6 is 0 Å². The van der Waals surface area contributed by atoms with Crippen molar-refractivity contribution < 1.29 is 14.1 Å². The van der Waals surface area contributed by atoms with Crippen LogP contribution in [0.3, 0.4) is 0 Å². The molecule has 0 radical (unpaired) electrons. The Labute approximate surface area is 160 Å². The molecule has 1 amide bonds. The highest BCUT2D eigenvalue weighted by Gasteiger charge is 2.35. The standard InChI is InChI=1S/C21H18N4O3/c1-27-18-8-3-2-7-17(18)25-12-13(11-19(25)26)20-23-21(28-24-20)15-5-4-6-16-14(15)9-10-22-16/h2-10,13,22H,11-12H2,1H3. The number of fused-ring (bicyclic) bond motifs is 1. The van der Waals surface area contributed by atoms with Gasteiger partial charge in [-0.2, -0.15) is 4.98 Å². The maximum atomic E-state index is 12.6. The van der Waals surface area contributed by atoms with Gasteiger partial charge in [0.25, 0.3) is 5.89 Å². The summed E-state index contributed by atoms with van der Waals surface area (Å²) < 4.78 is 10.9. The number of carbonyl (C=O) groups is 1. The molecule has 1 N–H and O–H groups in total. The van der Waals surface area contributed by atoms with Crippen LogP contribution in [-0.2, 0) is 4.79 Å². The smallest absolute Gasteiger partial charge is 0.258 e. The van der Waals surface area contributed by atoms with Crippen molar-refractivity contribution >= 4 is 22.5 Å². The summed E-state index contributed by atoms with van der Waals surface area (Å²) >= 11 is 0. The predicted octanol–water partition coefficient (Wildman–Crippen LogP) is 3.75. The van der Waals surface area contributed by atoms with Gasteiger partial charge in [0.1, 0.15) is 5.75 Å². The second-order valence-corrected chi connectivity index (χ2v) is 6.78. The average molecular weight is 374 g/mol. The van der Waals surface area contributed by atoms with E-state index in [4.69, 9.17) is 9.26 Å². The number of para-hydroxylation sites is 2. The number of hydrogen-bond donors (Lipinski definition) is 1. The number of nitrogens with one attached hydrogen (secondary N) is 1. The first-order valence-corrected chi connectivity index (χ1v) is 9.08. The third-order valence-corrected chi connectivity index (χ3v) is 5.13. The number of aromatic nitrogens is 3. The molecule has 140 valence electrons. The molecule has 1 unspecified atom stereocenters. The van der Waals surface area contributed by atoms with Gasteiger partial charge in [-0.25, -0.2) is 0 Å². The van der Waals surface area contributed by atoms with E-state index in [0.717, 1.165) is 22.2 Å². The average Bonchev–Trinajstić information content (AvgIpc) is 3.46. The van der Waals surface area contributed by atoms with Gasteiger partial charge in [-0.3, -0.25) is 4.79 Å². The van der Waals surface area contributed by atoms with Crippen LogP contribution in [-0.4, -0.2) is 34.7 Å². The first-order valence-electron chi connectivity index (χ1n) is 9.08. The van der Waals surface area contributed by atoms with E-state index in [9.17, 15) is 4.79 Å². The summed E-state index contributed by atoms with van der Waals surface area (Å²) in [4.78, 5) is 22.1. The molecule has 1 saturated heterocycles. The minimum atomic E-state index is -0.125. The molecule has 5 rings (SSSR count). The van der Waals surface area contributed by atoms with Gasteiger partial charge in [-0.15, -0.1) is 0 Å². The second kappa shape index (κ2) is 6.53. The van der Waals surface area contributed by atoms with Gasteiger partial charge >= 0.3 is 0 Å². The van der Waals surface area contributed by atoms with Gasteiger partial charge in [-0.05, 0) is 30.3 Å². The molecule has 1 atom stereocenters. The van der Waals surface area contributed by atoms with E-state index in [2.05, 4.69) is 15.1 Å². The van der Waals surface area contributed by atoms with Crippen molar-refractivity contribution in [3.8, 4) is 17.2 Å². The number of amides is 1. The lowest BCUT2D eigenvalue weighted by molar-refractivity contribution is -0.117. The maximum absolute atomic E-state index is 12.6. The zero-order chi connectivity index (χ0) is 19.1. The third kappa shape index (κ3) is 2.63. The number of anilines is 1. The molecule has 3 heterocycles. The van der Waals surface area contributed by atoms with Crippen LogP contribution < -0.4 is 9.64 Å². The zero-order valence-corrected chi connectivity index (χ0v) is 15.3. The summed E-state index contributed by atoms with van der Waals surface area (Å²) in [6.45, 7) is 0.493. The number of ether oxygens (including phenoxy) is 1. The Bertz CT molecular complexity index is 1160. The number of methoxy groups -OCH3 is 1. The van der Waals surface area contributed by atoms with Gasteiger partial charge in [0.2, 0.25) is 5.91 Å². The molecule has 0 bridgehead atoms. The van der Waals surface area contributed by atoms with Crippen LogP contribution in [0.5, 0.6) is 5.75 Å². The molecule has 1 aliphatic heterocycles. The predicted molar refractivity (Wildman–Crippen MR) is 104 cm³/mol. The molecule has 7 heteroatoms. The SMILES string of the molecule is COc1ccccc1N1CC(c2noc(-c3cccc4[nH]ccc34)n2)CC1=O. The minimum Gasteiger partial charge on any atom is -0.495 e. The van der Waals surface area contributed by atoms with Crippen molar-refractivity contribution in [2.45, 2.75) is 12.3 Å². The van der Waals surface area contributed by atoms with Crippen LogP contribution in [0.1, 0.15) is 18.2 Å². The van der Waals surface area contributed by atoms with Crippen LogP contribution in [0.2, 0.25) is 0 Å². The van der Waals surface area contributed by atoms with Crippen LogP contribution in [0.4, 0.5) is 5.69 Å². The molecule has 1 aliphatic rings. The Morgan fingerprint density at radius 3 is 2.96 bits per heavy atom.